The van der Waals surface area contributed by atoms with E-state index >= 15 is 0 Å². The van der Waals surface area contributed by atoms with Crippen molar-refractivity contribution in [1.29, 1.82) is 0 Å². The lowest BCUT2D eigenvalue weighted by molar-refractivity contribution is -0.116. The summed E-state index contributed by atoms with van der Waals surface area (Å²) in [5, 5.41) is 12.2. The van der Waals surface area contributed by atoms with E-state index in [4.69, 9.17) is 0 Å². The van der Waals surface area contributed by atoms with Crippen molar-refractivity contribution in [2.24, 2.45) is 0 Å². The Morgan fingerprint density at radius 1 is 0.921 bits per heavy atom. The van der Waals surface area contributed by atoms with E-state index in [1.807, 2.05) is 61.0 Å². The summed E-state index contributed by atoms with van der Waals surface area (Å²) in [5.41, 5.74) is 6.05. The highest BCUT2D eigenvalue weighted by atomic mass is 19.3. The predicted molar refractivity (Wildman–Crippen MR) is 143 cm³/mol. The van der Waals surface area contributed by atoms with E-state index in [1.54, 1.807) is 6.92 Å². The zero-order valence-corrected chi connectivity index (χ0v) is 21.7. The van der Waals surface area contributed by atoms with Crippen LogP contribution in [0, 0.1) is 27.7 Å². The van der Waals surface area contributed by atoms with Gasteiger partial charge in [0.05, 0.1) is 40.4 Å². The normalized spacial score (nSPS) is 11.4. The molecule has 5 aromatic rings. The van der Waals surface area contributed by atoms with E-state index in [1.165, 1.54) is 10.7 Å². The molecule has 0 saturated heterocycles. The molecule has 0 unspecified atom stereocenters. The third kappa shape index (κ3) is 4.79. The van der Waals surface area contributed by atoms with E-state index in [-0.39, 0.29) is 29.0 Å². The maximum absolute atomic E-state index is 14.1. The van der Waals surface area contributed by atoms with E-state index in [9.17, 15) is 13.6 Å². The maximum Gasteiger partial charge on any atom is 0.264 e. The van der Waals surface area contributed by atoms with Crippen molar-refractivity contribution < 1.29 is 13.6 Å². The number of hydrogen-bond donors (Lipinski definition) is 1. The third-order valence-electron chi connectivity index (χ3n) is 6.73. The Kier molecular flexibility index (Phi) is 6.75. The molecule has 38 heavy (non-hydrogen) atoms. The number of halogens is 2. The number of anilines is 1. The van der Waals surface area contributed by atoms with Crippen molar-refractivity contribution in [3.8, 4) is 11.3 Å². The number of aromatic nitrogens is 5. The van der Waals surface area contributed by atoms with Gasteiger partial charge >= 0.3 is 0 Å². The minimum atomic E-state index is -2.71. The molecule has 0 radical (unpaired) electrons. The SMILES string of the molecule is Cc1ccccc1Cn1nc(C)c(NC(=O)Cn2nc(C)c3c(C(F)F)cc(-c4ccccc4)nc32)c1C. The minimum Gasteiger partial charge on any atom is -0.321 e. The molecule has 0 saturated carbocycles. The molecule has 1 N–H and O–H groups in total. The molecule has 0 atom stereocenters. The van der Waals surface area contributed by atoms with Crippen LogP contribution in [0.1, 0.15) is 40.2 Å². The number of aryl methyl sites for hydroxylation is 3. The minimum absolute atomic E-state index is 0.151. The predicted octanol–water partition coefficient (Wildman–Crippen LogP) is 6.15. The monoisotopic (exact) mass is 514 g/mol. The first-order chi connectivity index (χ1) is 18.2. The number of benzene rings is 2. The number of amides is 1. The molecule has 0 aliphatic heterocycles. The number of fused-ring (bicyclic) bond motifs is 1. The Hall–Kier alpha value is -4.40. The van der Waals surface area contributed by atoms with E-state index in [0.717, 1.165) is 16.8 Å². The number of pyridine rings is 1. The zero-order valence-electron chi connectivity index (χ0n) is 21.7. The van der Waals surface area contributed by atoms with Crippen molar-refractivity contribution in [2.75, 3.05) is 5.32 Å². The van der Waals surface area contributed by atoms with Crippen molar-refractivity contribution in [3.63, 3.8) is 0 Å². The Bertz CT molecular complexity index is 1640. The Labute approximate surface area is 219 Å². The molecule has 7 nitrogen and oxygen atoms in total. The largest absolute Gasteiger partial charge is 0.321 e. The molecule has 2 aromatic carbocycles. The molecule has 5 rings (SSSR count). The lowest BCUT2D eigenvalue weighted by Crippen LogP contribution is -2.20. The summed E-state index contributed by atoms with van der Waals surface area (Å²) >= 11 is 0. The third-order valence-corrected chi connectivity index (χ3v) is 6.73. The van der Waals surface area contributed by atoms with Crippen LogP contribution in [-0.4, -0.2) is 30.5 Å². The second-order valence-corrected chi connectivity index (χ2v) is 9.38. The highest BCUT2D eigenvalue weighted by molar-refractivity contribution is 5.93. The lowest BCUT2D eigenvalue weighted by Gasteiger charge is -2.10. The zero-order chi connectivity index (χ0) is 27.0. The topological polar surface area (TPSA) is 77.6 Å². The summed E-state index contributed by atoms with van der Waals surface area (Å²) in [6, 6.07) is 18.6. The van der Waals surface area contributed by atoms with Gasteiger partial charge in [0, 0.05) is 11.1 Å². The van der Waals surface area contributed by atoms with Gasteiger partial charge in [0.15, 0.2) is 5.65 Å². The summed E-state index contributed by atoms with van der Waals surface area (Å²) in [6.07, 6.45) is -2.71. The van der Waals surface area contributed by atoms with Crippen LogP contribution in [0.25, 0.3) is 22.3 Å². The molecular weight excluding hydrogens is 486 g/mol. The number of nitrogens with zero attached hydrogens (tertiary/aromatic N) is 5. The quantitative estimate of drug-likeness (QED) is 0.282. The van der Waals surface area contributed by atoms with Gasteiger partial charge in [-0.2, -0.15) is 10.2 Å². The van der Waals surface area contributed by atoms with Gasteiger partial charge in [-0.25, -0.2) is 18.4 Å². The molecule has 0 bridgehead atoms. The lowest BCUT2D eigenvalue weighted by atomic mass is 10.1. The van der Waals surface area contributed by atoms with Crippen LogP contribution in [0.15, 0.2) is 60.7 Å². The molecule has 194 valence electrons. The molecular formula is C29H28F2N6O. The molecule has 1 amide bonds. The van der Waals surface area contributed by atoms with Crippen LogP contribution < -0.4 is 5.32 Å². The number of hydrogen-bond acceptors (Lipinski definition) is 4. The molecule has 3 heterocycles. The fourth-order valence-corrected chi connectivity index (χ4v) is 4.72. The molecule has 0 fully saturated rings. The van der Waals surface area contributed by atoms with Crippen LogP contribution in [0.3, 0.4) is 0 Å². The van der Waals surface area contributed by atoms with E-state index in [2.05, 4.69) is 39.6 Å². The van der Waals surface area contributed by atoms with Gasteiger partial charge in [-0.15, -0.1) is 0 Å². The standard InChI is InChI=1S/C29H28F2N6O/c1-17-10-8-9-13-22(17)15-36-20(4)27(19(3)35-36)33-25(38)16-37-29-26(18(2)34-37)23(28(30)31)14-24(32-29)21-11-6-5-7-12-21/h5-14,28H,15-16H2,1-4H3,(H,33,38). The van der Waals surface area contributed by atoms with Crippen LogP contribution in [0.4, 0.5) is 14.5 Å². The number of carbonyl (C=O) groups is 1. The summed E-state index contributed by atoms with van der Waals surface area (Å²) < 4.78 is 31.4. The fraction of sp³-hybridized carbons (Fsp3) is 0.241. The highest BCUT2D eigenvalue weighted by Crippen LogP contribution is 2.33. The maximum atomic E-state index is 14.1. The number of alkyl halides is 2. The summed E-state index contributed by atoms with van der Waals surface area (Å²) in [4.78, 5) is 17.8. The summed E-state index contributed by atoms with van der Waals surface area (Å²) in [6.45, 7) is 7.85. The first-order valence-corrected chi connectivity index (χ1v) is 12.3. The second-order valence-electron chi connectivity index (χ2n) is 9.38. The van der Waals surface area contributed by atoms with Crippen molar-refractivity contribution in [2.45, 2.75) is 47.2 Å². The smallest absolute Gasteiger partial charge is 0.264 e. The summed E-state index contributed by atoms with van der Waals surface area (Å²) in [7, 11) is 0. The van der Waals surface area contributed by atoms with Gasteiger partial charge in [0.25, 0.3) is 6.43 Å². The molecule has 3 aromatic heterocycles. The van der Waals surface area contributed by atoms with Gasteiger partial charge in [-0.1, -0.05) is 54.6 Å². The second kappa shape index (κ2) is 10.2. The molecule has 0 aliphatic rings. The number of nitrogens with one attached hydrogen (secondary N) is 1. The molecule has 9 heteroatoms. The fourth-order valence-electron chi connectivity index (χ4n) is 4.72. The highest BCUT2D eigenvalue weighted by Gasteiger charge is 2.23. The number of rotatable bonds is 7. The van der Waals surface area contributed by atoms with Gasteiger partial charge in [-0.3, -0.25) is 9.48 Å². The van der Waals surface area contributed by atoms with Gasteiger partial charge in [0.1, 0.15) is 6.54 Å². The first kappa shape index (κ1) is 25.3. The average molecular weight is 515 g/mol. The number of carbonyl (C=O) groups excluding carboxylic acids is 1. The van der Waals surface area contributed by atoms with E-state index in [0.29, 0.717) is 34.9 Å². The summed E-state index contributed by atoms with van der Waals surface area (Å²) in [5.74, 6) is -0.346. The molecule has 0 spiro atoms. The van der Waals surface area contributed by atoms with Crippen LogP contribution in [-0.2, 0) is 17.9 Å². The van der Waals surface area contributed by atoms with Crippen LogP contribution >= 0.6 is 0 Å². The van der Waals surface area contributed by atoms with Crippen LogP contribution in [0.5, 0.6) is 0 Å². The van der Waals surface area contributed by atoms with Crippen molar-refractivity contribution in [1.82, 2.24) is 24.5 Å². The van der Waals surface area contributed by atoms with Gasteiger partial charge in [-0.05, 0) is 44.9 Å². The van der Waals surface area contributed by atoms with Gasteiger partial charge in [0.2, 0.25) is 5.91 Å². The van der Waals surface area contributed by atoms with Gasteiger partial charge < -0.3 is 5.32 Å². The van der Waals surface area contributed by atoms with Crippen molar-refractivity contribution >= 4 is 22.6 Å². The average Bonchev–Trinajstić information content (AvgIpc) is 3.35. The Morgan fingerprint density at radius 3 is 2.32 bits per heavy atom. The van der Waals surface area contributed by atoms with Crippen LogP contribution in [0.2, 0.25) is 0 Å². The Morgan fingerprint density at radius 2 is 1.61 bits per heavy atom. The molecule has 0 aliphatic carbocycles. The Balaban J connectivity index is 1.45. The van der Waals surface area contributed by atoms with Crippen molar-refractivity contribution in [3.05, 3.63) is 94.4 Å². The van der Waals surface area contributed by atoms with E-state index < -0.39 is 6.43 Å². The first-order valence-electron chi connectivity index (χ1n) is 12.3.